The molecule has 0 bridgehead atoms. The van der Waals surface area contributed by atoms with Crippen molar-refractivity contribution in [2.24, 2.45) is 0 Å². The van der Waals surface area contributed by atoms with Gasteiger partial charge in [-0.05, 0) is 18.2 Å². The molecule has 0 saturated carbocycles. The number of halogens is 1. The van der Waals surface area contributed by atoms with E-state index >= 15 is 0 Å². The molecule has 2 aliphatic heterocycles. The van der Waals surface area contributed by atoms with Gasteiger partial charge in [0.15, 0.2) is 6.04 Å². The molecule has 2 atom stereocenters. The molecule has 0 unspecified atom stereocenters. The Kier molecular flexibility index (Phi) is 2.53. The molecule has 2 heterocycles. The average molecular weight is 267 g/mol. The van der Waals surface area contributed by atoms with Crippen LogP contribution in [-0.4, -0.2) is 35.3 Å². The van der Waals surface area contributed by atoms with Crippen molar-refractivity contribution in [3.05, 3.63) is 28.8 Å². The van der Waals surface area contributed by atoms with Crippen LogP contribution in [0.25, 0.3) is 0 Å². The Morgan fingerprint density at radius 2 is 2.17 bits per heavy atom. The molecule has 2 amide bonds. The van der Waals surface area contributed by atoms with Gasteiger partial charge in [-0.25, -0.2) is 0 Å². The lowest BCUT2D eigenvalue weighted by Gasteiger charge is -2.20. The molecule has 18 heavy (non-hydrogen) atoms. The third-order valence-corrected chi connectivity index (χ3v) is 3.76. The van der Waals surface area contributed by atoms with E-state index in [9.17, 15) is 9.59 Å². The SMILES string of the molecule is [NH3+][C@H]1CCN2C(=O)c3ccc(Cl)cc3NC(=O)[C@H]12. The molecular weight excluding hydrogens is 254 g/mol. The number of benzene rings is 1. The molecule has 1 fully saturated rings. The Morgan fingerprint density at radius 1 is 1.39 bits per heavy atom. The summed E-state index contributed by atoms with van der Waals surface area (Å²) in [6.07, 6.45) is 0.757. The van der Waals surface area contributed by atoms with Crippen molar-refractivity contribution in [2.75, 3.05) is 11.9 Å². The maximum absolute atomic E-state index is 12.4. The highest BCUT2D eigenvalue weighted by molar-refractivity contribution is 6.31. The molecule has 0 aromatic heterocycles. The molecule has 0 aliphatic carbocycles. The topological polar surface area (TPSA) is 77.1 Å². The van der Waals surface area contributed by atoms with Crippen molar-refractivity contribution in [1.29, 1.82) is 0 Å². The molecule has 1 aromatic carbocycles. The van der Waals surface area contributed by atoms with Crippen LogP contribution in [0, 0.1) is 0 Å². The fraction of sp³-hybridized carbons (Fsp3) is 0.333. The van der Waals surface area contributed by atoms with Gasteiger partial charge >= 0.3 is 0 Å². The zero-order valence-corrected chi connectivity index (χ0v) is 10.4. The first-order chi connectivity index (χ1) is 8.58. The summed E-state index contributed by atoms with van der Waals surface area (Å²) < 4.78 is 0. The van der Waals surface area contributed by atoms with Crippen molar-refractivity contribution < 1.29 is 15.3 Å². The van der Waals surface area contributed by atoms with Crippen LogP contribution >= 0.6 is 11.6 Å². The van der Waals surface area contributed by atoms with Crippen LogP contribution in [-0.2, 0) is 4.79 Å². The molecule has 1 aromatic rings. The molecule has 1 saturated heterocycles. The van der Waals surface area contributed by atoms with E-state index in [0.717, 1.165) is 6.42 Å². The number of quaternary nitrogens is 1. The summed E-state index contributed by atoms with van der Waals surface area (Å²) in [4.78, 5) is 26.1. The van der Waals surface area contributed by atoms with E-state index in [1.54, 1.807) is 23.1 Å². The Morgan fingerprint density at radius 3 is 2.94 bits per heavy atom. The standard InChI is InChI=1S/C12H12ClN3O2/c13-6-1-2-7-9(5-6)15-11(17)10-8(14)3-4-16(10)12(7)18/h1-2,5,8,10H,3-4,14H2,(H,15,17)/p+1/t8-,10-/m0/s1. The largest absolute Gasteiger partial charge is 0.353 e. The number of nitrogens with zero attached hydrogens (tertiary/aromatic N) is 1. The van der Waals surface area contributed by atoms with E-state index in [1.165, 1.54) is 0 Å². The molecule has 0 radical (unpaired) electrons. The Balaban J connectivity index is 2.11. The number of rotatable bonds is 0. The van der Waals surface area contributed by atoms with Crippen LogP contribution in [0.4, 0.5) is 5.69 Å². The van der Waals surface area contributed by atoms with Crippen molar-refractivity contribution in [3.63, 3.8) is 0 Å². The summed E-state index contributed by atoms with van der Waals surface area (Å²) in [7, 11) is 0. The van der Waals surface area contributed by atoms with E-state index in [0.29, 0.717) is 22.8 Å². The number of hydrogen-bond acceptors (Lipinski definition) is 2. The highest BCUT2D eigenvalue weighted by atomic mass is 35.5. The third kappa shape index (κ3) is 1.59. The maximum Gasteiger partial charge on any atom is 0.256 e. The first-order valence-corrected chi connectivity index (χ1v) is 6.20. The molecule has 6 heteroatoms. The normalized spacial score (nSPS) is 26.4. The van der Waals surface area contributed by atoms with Gasteiger partial charge in [0.25, 0.3) is 11.8 Å². The second-order valence-corrected chi connectivity index (χ2v) is 5.11. The van der Waals surface area contributed by atoms with E-state index < -0.39 is 6.04 Å². The van der Waals surface area contributed by atoms with E-state index in [-0.39, 0.29) is 17.9 Å². The number of hydrogen-bond donors (Lipinski definition) is 2. The minimum atomic E-state index is -0.469. The lowest BCUT2D eigenvalue weighted by molar-refractivity contribution is -0.419. The van der Waals surface area contributed by atoms with Crippen molar-refractivity contribution in [2.45, 2.75) is 18.5 Å². The molecular formula is C12H13ClN3O2+. The highest BCUT2D eigenvalue weighted by Gasteiger charge is 2.45. The number of anilines is 1. The summed E-state index contributed by atoms with van der Waals surface area (Å²) in [5.74, 6) is -0.307. The molecule has 2 aliphatic rings. The van der Waals surface area contributed by atoms with Crippen LogP contribution < -0.4 is 11.1 Å². The van der Waals surface area contributed by atoms with Crippen LogP contribution in [0.3, 0.4) is 0 Å². The second-order valence-electron chi connectivity index (χ2n) is 4.67. The second kappa shape index (κ2) is 3.96. The number of carbonyl (C=O) groups is 2. The highest BCUT2D eigenvalue weighted by Crippen LogP contribution is 2.29. The lowest BCUT2D eigenvalue weighted by atomic mass is 10.1. The minimum absolute atomic E-state index is 0.0567. The predicted molar refractivity (Wildman–Crippen MR) is 66.2 cm³/mol. The van der Waals surface area contributed by atoms with Gasteiger partial charge in [0, 0.05) is 18.0 Å². The molecule has 3 rings (SSSR count). The van der Waals surface area contributed by atoms with Gasteiger partial charge in [0.1, 0.15) is 6.04 Å². The Bertz CT molecular complexity index is 546. The number of amides is 2. The number of nitrogens with one attached hydrogen (secondary N) is 1. The van der Waals surface area contributed by atoms with Crippen molar-refractivity contribution in [3.8, 4) is 0 Å². The summed E-state index contributed by atoms with van der Waals surface area (Å²) >= 11 is 5.89. The molecule has 0 spiro atoms. The Hall–Kier alpha value is -1.59. The number of fused-ring (bicyclic) bond motifs is 2. The fourth-order valence-electron chi connectivity index (χ4n) is 2.61. The summed E-state index contributed by atoms with van der Waals surface area (Å²) in [5, 5.41) is 3.27. The van der Waals surface area contributed by atoms with E-state index in [2.05, 4.69) is 11.1 Å². The number of carbonyl (C=O) groups excluding carboxylic acids is 2. The van der Waals surface area contributed by atoms with Crippen molar-refractivity contribution in [1.82, 2.24) is 4.90 Å². The summed E-state index contributed by atoms with van der Waals surface area (Å²) in [6.45, 7) is 0.577. The smallest absolute Gasteiger partial charge is 0.256 e. The third-order valence-electron chi connectivity index (χ3n) is 3.52. The van der Waals surface area contributed by atoms with Gasteiger partial charge in [0.2, 0.25) is 0 Å². The van der Waals surface area contributed by atoms with E-state index in [1.807, 2.05) is 0 Å². The van der Waals surface area contributed by atoms with Crippen LogP contribution in [0.1, 0.15) is 16.8 Å². The van der Waals surface area contributed by atoms with Gasteiger partial charge in [-0.3, -0.25) is 9.59 Å². The maximum atomic E-state index is 12.4. The average Bonchev–Trinajstić information content (AvgIpc) is 2.66. The summed E-state index contributed by atoms with van der Waals surface area (Å²) in [5.41, 5.74) is 4.92. The quantitative estimate of drug-likeness (QED) is 0.700. The lowest BCUT2D eigenvalue weighted by Crippen LogP contribution is -2.68. The van der Waals surface area contributed by atoms with Gasteiger partial charge < -0.3 is 16.0 Å². The van der Waals surface area contributed by atoms with Crippen LogP contribution in [0.15, 0.2) is 18.2 Å². The zero-order chi connectivity index (χ0) is 12.9. The van der Waals surface area contributed by atoms with Gasteiger partial charge in [-0.15, -0.1) is 0 Å². The molecule has 5 nitrogen and oxygen atoms in total. The summed E-state index contributed by atoms with van der Waals surface area (Å²) in [6, 6.07) is 4.39. The van der Waals surface area contributed by atoms with Gasteiger partial charge in [-0.2, -0.15) is 0 Å². The fourth-order valence-corrected chi connectivity index (χ4v) is 2.78. The predicted octanol–water partition coefficient (Wildman–Crippen LogP) is 0.117. The van der Waals surface area contributed by atoms with Crippen molar-refractivity contribution >= 4 is 29.1 Å². The van der Waals surface area contributed by atoms with Gasteiger partial charge in [-0.1, -0.05) is 11.6 Å². The first kappa shape index (κ1) is 11.5. The zero-order valence-electron chi connectivity index (χ0n) is 9.65. The molecule has 4 N–H and O–H groups in total. The van der Waals surface area contributed by atoms with Gasteiger partial charge in [0.05, 0.1) is 11.3 Å². The molecule has 94 valence electrons. The Labute approximate surface area is 109 Å². The van der Waals surface area contributed by atoms with Crippen LogP contribution in [0.2, 0.25) is 5.02 Å². The first-order valence-electron chi connectivity index (χ1n) is 5.82. The monoisotopic (exact) mass is 266 g/mol. The minimum Gasteiger partial charge on any atom is -0.353 e. The van der Waals surface area contributed by atoms with E-state index in [4.69, 9.17) is 11.6 Å². The van der Waals surface area contributed by atoms with Crippen LogP contribution in [0.5, 0.6) is 0 Å².